The van der Waals surface area contributed by atoms with Gasteiger partial charge in [0.15, 0.2) is 23.5 Å². The molecule has 7 rings (SSSR count). The summed E-state index contributed by atoms with van der Waals surface area (Å²) in [6.07, 6.45) is 4.00. The van der Waals surface area contributed by atoms with Crippen molar-refractivity contribution in [2.45, 2.75) is 88.9 Å². The third kappa shape index (κ3) is 7.85. The van der Waals surface area contributed by atoms with Crippen LogP contribution in [0.1, 0.15) is 74.0 Å². The highest BCUT2D eigenvalue weighted by Crippen LogP contribution is 2.70. The number of Topliss-reactive ketones (excluding diaryl/α,β-unsaturated/α-hetero) is 1. The first-order valence-corrected chi connectivity index (χ1v) is 21.6. The first kappa shape index (κ1) is 43.0. The van der Waals surface area contributed by atoms with Gasteiger partial charge >= 0.3 is 5.97 Å². The van der Waals surface area contributed by atoms with Crippen molar-refractivity contribution in [1.82, 2.24) is 10.6 Å². The predicted molar refractivity (Wildman–Crippen MR) is 215 cm³/mol. The van der Waals surface area contributed by atoms with Gasteiger partial charge in [0.25, 0.3) is 0 Å². The predicted octanol–water partition coefficient (Wildman–Crippen LogP) is 3.88. The molecule has 316 valence electrons. The Hall–Kier alpha value is -4.13. The number of rotatable bonds is 14. The zero-order chi connectivity index (χ0) is 42.4. The lowest BCUT2D eigenvalue weighted by Gasteiger charge is -2.59. The van der Waals surface area contributed by atoms with Crippen molar-refractivity contribution in [3.8, 4) is 0 Å². The van der Waals surface area contributed by atoms with Crippen molar-refractivity contribution in [1.29, 1.82) is 0 Å². The highest BCUT2D eigenvalue weighted by molar-refractivity contribution is 9.09. The summed E-state index contributed by atoms with van der Waals surface area (Å²) in [6, 6.07) is 6.69. The van der Waals surface area contributed by atoms with E-state index in [2.05, 4.69) is 38.8 Å². The molecule has 4 fully saturated rings. The van der Waals surface area contributed by atoms with Crippen LogP contribution in [0.25, 0.3) is 0 Å². The van der Waals surface area contributed by atoms with Crippen LogP contribution in [-0.4, -0.2) is 92.9 Å². The molecule has 0 spiro atoms. The van der Waals surface area contributed by atoms with Crippen LogP contribution >= 0.6 is 27.3 Å². The third-order valence-corrected chi connectivity index (χ3v) is 14.9. The number of alkyl halides is 1. The average molecular weight is 901 g/mol. The second-order valence-electron chi connectivity index (χ2n) is 16.6. The number of nitrogens with one attached hydrogen (secondary N) is 3. The van der Waals surface area contributed by atoms with Crippen LogP contribution in [0.4, 0.5) is 10.1 Å². The van der Waals surface area contributed by atoms with Crippen molar-refractivity contribution < 1.29 is 58.0 Å². The number of hydrogen-bond acceptors (Lipinski definition) is 11. The van der Waals surface area contributed by atoms with E-state index in [4.69, 9.17) is 9.47 Å². The molecule has 0 radical (unpaired) electrons. The molecular weight excluding hydrogens is 853 g/mol. The quantitative estimate of drug-likeness (QED) is 0.150. The standard InChI is InChI=1S/C42H47BrFN3O11S/c1-40-11-10-24(49)14-22(40)6-7-25-26-15-33-42(32(51)20-48,41(26,2)17-29(50)37(25)40)58-39(57-33)31-16-27(44)30(59-31)13-21-4-3-5-23(12-21)46-38(56)28(8-9-36(54)55)47-35(53)19-45-34(52)18-43/h3-5,10-12,14,16,25-26,28-29,33,37,39,48,50H,6-9,13,15,17-20H2,1-2H3,(H,45,52)(H,46,56)(H,47,53)(H,54,55)/t25-,26-,28-,29-,33+,37+,39+,40-,41-,42+/m0/s1. The van der Waals surface area contributed by atoms with Gasteiger partial charge in [-0.05, 0) is 79.9 Å². The van der Waals surface area contributed by atoms with Gasteiger partial charge in [-0.15, -0.1) is 11.3 Å². The minimum absolute atomic E-state index is 0.0117. The van der Waals surface area contributed by atoms with Gasteiger partial charge < -0.3 is 40.7 Å². The van der Waals surface area contributed by atoms with Gasteiger partial charge in [0, 0.05) is 40.2 Å². The Balaban J connectivity index is 1.06. The number of aliphatic hydroxyl groups is 2. The Kier molecular flexibility index (Phi) is 12.2. The van der Waals surface area contributed by atoms with Crippen molar-refractivity contribution in [3.63, 3.8) is 0 Å². The first-order valence-electron chi connectivity index (χ1n) is 19.6. The van der Waals surface area contributed by atoms with Crippen LogP contribution in [0.3, 0.4) is 0 Å². The molecule has 3 saturated carbocycles. The van der Waals surface area contributed by atoms with E-state index in [1.807, 2.05) is 13.0 Å². The summed E-state index contributed by atoms with van der Waals surface area (Å²) >= 11 is 4.08. The zero-order valence-corrected chi connectivity index (χ0v) is 34.9. The molecule has 1 saturated heterocycles. The molecule has 5 aliphatic rings. The van der Waals surface area contributed by atoms with Crippen LogP contribution in [0.15, 0.2) is 54.1 Å². The second kappa shape index (κ2) is 16.7. The number of benzene rings is 1. The van der Waals surface area contributed by atoms with Gasteiger partial charge in [-0.1, -0.05) is 53.6 Å². The van der Waals surface area contributed by atoms with E-state index in [0.717, 1.165) is 23.3 Å². The van der Waals surface area contributed by atoms with E-state index in [1.165, 1.54) is 6.07 Å². The minimum Gasteiger partial charge on any atom is -0.481 e. The summed E-state index contributed by atoms with van der Waals surface area (Å²) in [5.41, 5.74) is -1.08. The van der Waals surface area contributed by atoms with E-state index in [-0.39, 0.29) is 48.1 Å². The van der Waals surface area contributed by atoms with E-state index in [9.17, 15) is 44.1 Å². The molecular formula is C42H47BrFN3O11S. The fraction of sp³-hybridized carbons (Fsp3) is 0.524. The lowest BCUT2D eigenvalue weighted by atomic mass is 9.46. The number of aliphatic hydroxyl groups excluding tert-OH is 2. The molecule has 1 aromatic heterocycles. The van der Waals surface area contributed by atoms with Crippen molar-refractivity contribution >= 4 is 68.2 Å². The van der Waals surface area contributed by atoms with Gasteiger partial charge in [-0.2, -0.15) is 0 Å². The number of ketones is 2. The fourth-order valence-electron chi connectivity index (χ4n) is 10.7. The largest absolute Gasteiger partial charge is 0.481 e. The Morgan fingerprint density at radius 1 is 1.14 bits per heavy atom. The highest BCUT2D eigenvalue weighted by Gasteiger charge is 2.76. The molecule has 59 heavy (non-hydrogen) atoms. The molecule has 3 amide bonds. The van der Waals surface area contributed by atoms with Crippen LogP contribution in [-0.2, 0) is 44.7 Å². The number of aliphatic carboxylic acids is 1. The van der Waals surface area contributed by atoms with Gasteiger partial charge in [0.05, 0.1) is 29.0 Å². The van der Waals surface area contributed by atoms with E-state index in [0.29, 0.717) is 33.8 Å². The average Bonchev–Trinajstić information content (AvgIpc) is 3.84. The normalized spacial score (nSPS) is 32.2. The Morgan fingerprint density at radius 3 is 2.64 bits per heavy atom. The number of carbonyl (C=O) groups excluding carboxylic acids is 5. The van der Waals surface area contributed by atoms with E-state index < -0.39 is 95.8 Å². The number of carboxylic acid groups (broad SMARTS) is 1. The monoisotopic (exact) mass is 899 g/mol. The van der Waals surface area contributed by atoms with Gasteiger partial charge in [-0.3, -0.25) is 28.8 Å². The maximum absolute atomic E-state index is 15.7. The number of allylic oxidation sites excluding steroid dienone is 4. The molecule has 14 nitrogen and oxygen atoms in total. The summed E-state index contributed by atoms with van der Waals surface area (Å²) in [6.45, 7) is 2.79. The maximum atomic E-state index is 15.7. The van der Waals surface area contributed by atoms with Crippen molar-refractivity contribution in [2.24, 2.45) is 28.6 Å². The van der Waals surface area contributed by atoms with Crippen LogP contribution < -0.4 is 16.0 Å². The van der Waals surface area contributed by atoms with Crippen LogP contribution in [0, 0.1) is 34.4 Å². The molecule has 2 aromatic rings. The minimum atomic E-state index is -1.59. The third-order valence-electron chi connectivity index (χ3n) is 13.2. The topological polar surface area (TPSA) is 218 Å². The lowest BCUT2D eigenvalue weighted by Crippen LogP contribution is -2.63. The van der Waals surface area contributed by atoms with E-state index in [1.54, 1.807) is 36.4 Å². The number of ether oxygens (including phenoxy) is 2. The number of carboxylic acids is 1. The van der Waals surface area contributed by atoms with Gasteiger partial charge in [0.1, 0.15) is 18.5 Å². The summed E-state index contributed by atoms with van der Waals surface area (Å²) < 4.78 is 28.9. The number of hydrogen-bond donors (Lipinski definition) is 6. The zero-order valence-electron chi connectivity index (χ0n) is 32.5. The molecule has 10 atom stereocenters. The smallest absolute Gasteiger partial charge is 0.303 e. The summed E-state index contributed by atoms with van der Waals surface area (Å²) in [7, 11) is 0. The van der Waals surface area contributed by atoms with Crippen molar-refractivity contribution in [2.75, 3.05) is 23.8 Å². The van der Waals surface area contributed by atoms with Crippen molar-refractivity contribution in [3.05, 3.63) is 75.3 Å². The molecule has 4 aliphatic carbocycles. The summed E-state index contributed by atoms with van der Waals surface area (Å²) in [4.78, 5) is 75.3. The summed E-state index contributed by atoms with van der Waals surface area (Å²) in [5.74, 6) is -4.42. The van der Waals surface area contributed by atoms with E-state index >= 15 is 4.39 Å². The number of thiophene rings is 1. The van der Waals surface area contributed by atoms with Gasteiger partial charge in [0.2, 0.25) is 17.7 Å². The number of amides is 3. The molecule has 0 unspecified atom stereocenters. The molecule has 1 aliphatic heterocycles. The Bertz CT molecular complexity index is 2130. The number of halogens is 2. The number of fused-ring (bicyclic) bond motifs is 7. The summed E-state index contributed by atoms with van der Waals surface area (Å²) in [5, 5.41) is 38.9. The highest BCUT2D eigenvalue weighted by atomic mass is 79.9. The maximum Gasteiger partial charge on any atom is 0.303 e. The Labute approximate surface area is 352 Å². The van der Waals surface area contributed by atoms with Crippen LogP contribution in [0.2, 0.25) is 0 Å². The molecule has 17 heteroatoms. The molecule has 6 N–H and O–H groups in total. The fourth-order valence-corrected chi connectivity index (χ4v) is 11.9. The SMILES string of the molecule is C[C@]12C=CC(=O)C=C1CC[C@@H]1[C@@H]2[C@@H](O)C[C@@]2(C)[C@H]1C[C@H]1O[C@@H](c3cc(F)c(Cc4cccc(NC(=O)[C@H](CCC(=O)O)NC(=O)CNC(=O)CBr)c4)s3)O[C@]12C(=O)CO. The van der Waals surface area contributed by atoms with Gasteiger partial charge in [-0.25, -0.2) is 4.39 Å². The second-order valence-corrected chi connectivity index (χ2v) is 18.3. The van der Waals surface area contributed by atoms with Crippen LogP contribution in [0.5, 0.6) is 0 Å². The molecule has 1 aromatic carbocycles. The molecule has 2 heterocycles. The number of carbonyl (C=O) groups is 6. The Morgan fingerprint density at radius 2 is 1.92 bits per heavy atom. The first-order chi connectivity index (χ1) is 28.0. The molecule has 0 bridgehead atoms. The lowest BCUT2D eigenvalue weighted by molar-refractivity contribution is -0.200. The number of anilines is 1.